The van der Waals surface area contributed by atoms with Crippen molar-refractivity contribution in [2.24, 2.45) is 0 Å². The molecule has 1 aliphatic rings. The number of ether oxygens (including phenoxy) is 2. The van der Waals surface area contributed by atoms with E-state index in [2.05, 4.69) is 10.3 Å². The van der Waals surface area contributed by atoms with Crippen LogP contribution in [-0.4, -0.2) is 41.9 Å². The lowest BCUT2D eigenvalue weighted by atomic mass is 9.95. The average molecular weight is 473 g/mol. The molecule has 2 heterocycles. The maximum absolute atomic E-state index is 13.3. The predicted molar refractivity (Wildman–Crippen MR) is 129 cm³/mol. The summed E-state index contributed by atoms with van der Waals surface area (Å²) in [4.78, 5) is 43.6. The number of methoxy groups -OCH3 is 2. The van der Waals surface area contributed by atoms with Crippen LogP contribution in [0.2, 0.25) is 0 Å². The highest BCUT2D eigenvalue weighted by Crippen LogP contribution is 2.43. The molecule has 2 aromatic carbocycles. The average Bonchev–Trinajstić information content (AvgIpc) is 3.13. The first kappa shape index (κ1) is 23.5. The first-order valence-corrected chi connectivity index (χ1v) is 10.7. The van der Waals surface area contributed by atoms with E-state index < -0.39 is 23.5 Å². The fraction of sp³-hybridized carbons (Fsp3) is 0.154. The van der Waals surface area contributed by atoms with E-state index in [9.17, 15) is 19.5 Å². The summed E-state index contributed by atoms with van der Waals surface area (Å²) in [5.74, 6) is -1.59. The second kappa shape index (κ2) is 9.68. The minimum absolute atomic E-state index is 0.114. The third kappa shape index (κ3) is 4.43. The smallest absolute Gasteiger partial charge is 0.300 e. The molecule has 35 heavy (non-hydrogen) atoms. The predicted octanol–water partition coefficient (Wildman–Crippen LogP) is 3.68. The number of pyridine rings is 1. The molecule has 2 amide bonds. The van der Waals surface area contributed by atoms with Crippen LogP contribution in [0.25, 0.3) is 5.76 Å². The second-order valence-corrected chi connectivity index (χ2v) is 7.75. The molecule has 2 N–H and O–H groups in total. The van der Waals surface area contributed by atoms with Crippen LogP contribution in [-0.2, 0) is 14.4 Å². The summed E-state index contributed by atoms with van der Waals surface area (Å²) in [5.41, 5.74) is 1.46. The topological polar surface area (TPSA) is 118 Å². The van der Waals surface area contributed by atoms with Gasteiger partial charge in [-0.2, -0.15) is 0 Å². The van der Waals surface area contributed by atoms with Crippen molar-refractivity contribution in [1.29, 1.82) is 0 Å². The van der Waals surface area contributed by atoms with E-state index in [1.165, 1.54) is 32.2 Å². The van der Waals surface area contributed by atoms with Gasteiger partial charge in [0.15, 0.2) is 0 Å². The number of benzene rings is 2. The zero-order valence-electron chi connectivity index (χ0n) is 19.3. The van der Waals surface area contributed by atoms with Crippen LogP contribution in [0.5, 0.6) is 11.5 Å². The van der Waals surface area contributed by atoms with Gasteiger partial charge < -0.3 is 19.9 Å². The maximum Gasteiger partial charge on any atom is 0.300 e. The Labute approximate surface area is 201 Å². The summed E-state index contributed by atoms with van der Waals surface area (Å²) in [5, 5.41) is 14.0. The second-order valence-electron chi connectivity index (χ2n) is 7.75. The van der Waals surface area contributed by atoms with Crippen molar-refractivity contribution in [2.45, 2.75) is 13.0 Å². The number of hydrogen-bond acceptors (Lipinski definition) is 7. The monoisotopic (exact) mass is 473 g/mol. The van der Waals surface area contributed by atoms with Crippen LogP contribution in [0, 0.1) is 0 Å². The molecule has 3 aromatic rings. The number of ketones is 1. The van der Waals surface area contributed by atoms with Crippen LogP contribution < -0.4 is 19.7 Å². The van der Waals surface area contributed by atoms with Gasteiger partial charge in [-0.1, -0.05) is 12.1 Å². The molecule has 0 radical (unpaired) electrons. The van der Waals surface area contributed by atoms with Gasteiger partial charge in [0.2, 0.25) is 5.91 Å². The molecule has 1 aromatic heterocycles. The molecule has 9 heteroatoms. The molecule has 1 unspecified atom stereocenters. The maximum atomic E-state index is 13.3. The van der Waals surface area contributed by atoms with Crippen molar-refractivity contribution < 1.29 is 29.0 Å². The van der Waals surface area contributed by atoms with E-state index in [0.29, 0.717) is 22.7 Å². The van der Waals surface area contributed by atoms with E-state index in [0.717, 1.165) is 0 Å². The highest BCUT2D eigenvalue weighted by molar-refractivity contribution is 6.51. The number of carbonyl (C=O) groups excluding carboxylic acids is 3. The molecular formula is C26H23N3O6. The van der Waals surface area contributed by atoms with Crippen LogP contribution in [0.15, 0.2) is 72.6 Å². The fourth-order valence-electron chi connectivity index (χ4n) is 4.03. The third-order valence-corrected chi connectivity index (χ3v) is 5.55. The summed E-state index contributed by atoms with van der Waals surface area (Å²) in [6.07, 6.45) is 3.10. The molecule has 1 fully saturated rings. The molecule has 1 saturated heterocycles. The quantitative estimate of drug-likeness (QED) is 0.318. The van der Waals surface area contributed by atoms with Crippen molar-refractivity contribution in [2.75, 3.05) is 24.4 Å². The van der Waals surface area contributed by atoms with Gasteiger partial charge in [-0.3, -0.25) is 24.3 Å². The Kier molecular flexibility index (Phi) is 6.50. The SMILES string of the molecule is COc1ccc(/C(O)=C2/C(=O)C(=O)N(c3cccc(NC(C)=O)c3)C2c2cccnc2)c(OC)c1. The van der Waals surface area contributed by atoms with E-state index >= 15 is 0 Å². The lowest BCUT2D eigenvalue weighted by Crippen LogP contribution is -2.29. The van der Waals surface area contributed by atoms with Crippen molar-refractivity contribution in [3.05, 3.63) is 83.7 Å². The molecule has 1 aliphatic heterocycles. The standard InChI is InChI=1S/C26H23N3O6/c1-15(30)28-17-7-4-8-18(12-17)29-23(16-6-5-11-27-14-16)22(25(32)26(29)33)24(31)20-10-9-19(34-2)13-21(20)35-3/h4-14,23,31H,1-3H3,(H,28,30)/b24-22-. The number of Topliss-reactive ketones (excluding diaryl/α,β-unsaturated/α-hetero) is 1. The van der Waals surface area contributed by atoms with Gasteiger partial charge >= 0.3 is 0 Å². The number of nitrogens with zero attached hydrogens (tertiary/aromatic N) is 2. The molecule has 1 atom stereocenters. The molecule has 0 aliphatic carbocycles. The zero-order chi connectivity index (χ0) is 25.1. The molecule has 0 saturated carbocycles. The Hall–Kier alpha value is -4.66. The van der Waals surface area contributed by atoms with Gasteiger partial charge in [0.25, 0.3) is 11.7 Å². The largest absolute Gasteiger partial charge is 0.507 e. The number of nitrogens with one attached hydrogen (secondary N) is 1. The van der Waals surface area contributed by atoms with Gasteiger partial charge in [-0.05, 0) is 42.0 Å². The van der Waals surface area contributed by atoms with Crippen LogP contribution in [0.4, 0.5) is 11.4 Å². The van der Waals surface area contributed by atoms with Crippen molar-refractivity contribution in [3.63, 3.8) is 0 Å². The van der Waals surface area contributed by atoms with Crippen molar-refractivity contribution >= 4 is 34.7 Å². The summed E-state index contributed by atoms with van der Waals surface area (Å²) >= 11 is 0. The highest BCUT2D eigenvalue weighted by atomic mass is 16.5. The Morgan fingerprint density at radius 3 is 2.51 bits per heavy atom. The minimum Gasteiger partial charge on any atom is -0.507 e. The Morgan fingerprint density at radius 2 is 1.86 bits per heavy atom. The first-order chi connectivity index (χ1) is 16.8. The summed E-state index contributed by atoms with van der Waals surface area (Å²) in [7, 11) is 2.92. The summed E-state index contributed by atoms with van der Waals surface area (Å²) in [6, 6.07) is 13.7. The molecule has 9 nitrogen and oxygen atoms in total. The molecular weight excluding hydrogens is 450 g/mol. The Bertz CT molecular complexity index is 1340. The van der Waals surface area contributed by atoms with E-state index in [-0.39, 0.29) is 22.8 Å². The number of aliphatic hydroxyl groups excluding tert-OH is 1. The number of anilines is 2. The van der Waals surface area contributed by atoms with Gasteiger partial charge in [-0.25, -0.2) is 0 Å². The molecule has 178 valence electrons. The lowest BCUT2D eigenvalue weighted by molar-refractivity contribution is -0.132. The van der Waals surface area contributed by atoms with Crippen LogP contribution >= 0.6 is 0 Å². The van der Waals surface area contributed by atoms with Gasteiger partial charge in [-0.15, -0.1) is 0 Å². The van der Waals surface area contributed by atoms with Crippen LogP contribution in [0.3, 0.4) is 0 Å². The highest BCUT2D eigenvalue weighted by Gasteiger charge is 2.47. The van der Waals surface area contributed by atoms with E-state index in [1.54, 1.807) is 60.8 Å². The molecule has 0 bridgehead atoms. The minimum atomic E-state index is -0.969. The summed E-state index contributed by atoms with van der Waals surface area (Å²) in [6.45, 7) is 1.37. The first-order valence-electron chi connectivity index (χ1n) is 10.7. The lowest BCUT2D eigenvalue weighted by Gasteiger charge is -2.25. The number of amides is 2. The number of hydrogen-bond donors (Lipinski definition) is 2. The van der Waals surface area contributed by atoms with Crippen LogP contribution in [0.1, 0.15) is 24.1 Å². The number of aromatic nitrogens is 1. The normalized spacial score (nSPS) is 16.8. The van der Waals surface area contributed by atoms with E-state index in [4.69, 9.17) is 9.47 Å². The van der Waals surface area contributed by atoms with Crippen molar-refractivity contribution in [3.8, 4) is 11.5 Å². The summed E-state index contributed by atoms with van der Waals surface area (Å²) < 4.78 is 10.6. The zero-order valence-corrected chi connectivity index (χ0v) is 19.3. The fourth-order valence-corrected chi connectivity index (χ4v) is 4.03. The molecule has 4 rings (SSSR count). The Balaban J connectivity index is 1.93. The number of rotatable bonds is 6. The number of carbonyl (C=O) groups is 3. The van der Waals surface area contributed by atoms with E-state index in [1.807, 2.05) is 0 Å². The number of aliphatic hydroxyl groups is 1. The Morgan fingerprint density at radius 1 is 1.06 bits per heavy atom. The molecule has 0 spiro atoms. The van der Waals surface area contributed by atoms with Gasteiger partial charge in [0.1, 0.15) is 17.3 Å². The van der Waals surface area contributed by atoms with Gasteiger partial charge in [0, 0.05) is 36.8 Å². The third-order valence-electron chi connectivity index (χ3n) is 5.55. The van der Waals surface area contributed by atoms with Crippen molar-refractivity contribution in [1.82, 2.24) is 4.98 Å². The van der Waals surface area contributed by atoms with Gasteiger partial charge in [0.05, 0.1) is 31.4 Å².